The molecule has 0 aliphatic heterocycles. The topological polar surface area (TPSA) is 16.4 Å². The summed E-state index contributed by atoms with van der Waals surface area (Å²) in [6.07, 6.45) is 0. The standard InChI is InChI=1S/C57H41NO/c1-57(2)53-32-26-42(34-50(53)52-37-44(38-14-6-3-7-15-38)36-49(56(52)57)41-16-8-4-9-17-41)39-22-28-46(29-23-39)58(45-18-10-5-11-19-45)47-30-24-40(25-31-47)43-27-33-55-51(35-43)48-20-12-13-21-54(48)59-55/h3-37H,1-2H3. The lowest BCUT2D eigenvalue weighted by Crippen LogP contribution is -2.16. The molecule has 0 spiro atoms. The van der Waals surface area contributed by atoms with Crippen molar-refractivity contribution >= 4 is 39.0 Å². The van der Waals surface area contributed by atoms with Crippen LogP contribution in [0.4, 0.5) is 17.1 Å². The summed E-state index contributed by atoms with van der Waals surface area (Å²) >= 11 is 0. The molecule has 9 aromatic carbocycles. The smallest absolute Gasteiger partial charge is 0.135 e. The Labute approximate surface area is 345 Å². The largest absolute Gasteiger partial charge is 0.456 e. The van der Waals surface area contributed by atoms with Gasteiger partial charge in [-0.1, -0.05) is 153 Å². The zero-order valence-electron chi connectivity index (χ0n) is 33.1. The van der Waals surface area contributed by atoms with E-state index in [1.165, 1.54) is 61.2 Å². The minimum absolute atomic E-state index is 0.153. The predicted molar refractivity (Wildman–Crippen MR) is 248 cm³/mol. The van der Waals surface area contributed by atoms with Gasteiger partial charge in [-0.05, 0) is 140 Å². The van der Waals surface area contributed by atoms with Crippen molar-refractivity contribution in [1.82, 2.24) is 0 Å². The summed E-state index contributed by atoms with van der Waals surface area (Å²) in [6, 6.07) is 76.8. The fourth-order valence-electron chi connectivity index (χ4n) is 9.33. The van der Waals surface area contributed by atoms with Crippen molar-refractivity contribution in [1.29, 1.82) is 0 Å². The highest BCUT2D eigenvalue weighted by Crippen LogP contribution is 2.54. The highest BCUT2D eigenvalue weighted by molar-refractivity contribution is 6.06. The second kappa shape index (κ2) is 13.9. The summed E-state index contributed by atoms with van der Waals surface area (Å²) in [7, 11) is 0. The van der Waals surface area contributed by atoms with Crippen LogP contribution in [0, 0.1) is 0 Å². The molecule has 0 saturated heterocycles. The Balaban J connectivity index is 0.957. The number of hydrogen-bond donors (Lipinski definition) is 0. The third kappa shape index (κ3) is 5.96. The van der Waals surface area contributed by atoms with Crippen LogP contribution < -0.4 is 4.90 Å². The number of fused-ring (bicyclic) bond motifs is 6. The van der Waals surface area contributed by atoms with Gasteiger partial charge in [-0.25, -0.2) is 0 Å². The second-order valence-corrected chi connectivity index (χ2v) is 16.1. The van der Waals surface area contributed by atoms with Crippen molar-refractivity contribution < 1.29 is 4.42 Å². The number of hydrogen-bond acceptors (Lipinski definition) is 2. The summed E-state index contributed by atoms with van der Waals surface area (Å²) in [4.78, 5) is 2.33. The van der Waals surface area contributed by atoms with Gasteiger partial charge in [0.1, 0.15) is 11.2 Å². The summed E-state index contributed by atoms with van der Waals surface area (Å²) in [5, 5.41) is 2.28. The Morgan fingerprint density at radius 2 is 0.814 bits per heavy atom. The fraction of sp³-hybridized carbons (Fsp3) is 0.0526. The predicted octanol–water partition coefficient (Wildman–Crippen LogP) is 16.0. The van der Waals surface area contributed by atoms with Gasteiger partial charge in [0.25, 0.3) is 0 Å². The average molecular weight is 756 g/mol. The summed E-state index contributed by atoms with van der Waals surface area (Å²) < 4.78 is 6.10. The van der Waals surface area contributed by atoms with Gasteiger partial charge >= 0.3 is 0 Å². The van der Waals surface area contributed by atoms with Gasteiger partial charge in [-0.15, -0.1) is 0 Å². The quantitative estimate of drug-likeness (QED) is 0.161. The summed E-state index contributed by atoms with van der Waals surface area (Å²) in [6.45, 7) is 4.76. The van der Waals surface area contributed by atoms with Gasteiger partial charge in [-0.3, -0.25) is 0 Å². The number of furan rings is 1. The minimum atomic E-state index is -0.153. The van der Waals surface area contributed by atoms with Gasteiger partial charge < -0.3 is 9.32 Å². The van der Waals surface area contributed by atoms with Crippen molar-refractivity contribution in [2.24, 2.45) is 0 Å². The van der Waals surface area contributed by atoms with E-state index in [1.54, 1.807) is 0 Å². The molecule has 1 aliphatic carbocycles. The Morgan fingerprint density at radius 3 is 1.49 bits per heavy atom. The van der Waals surface area contributed by atoms with E-state index in [0.29, 0.717) is 0 Å². The van der Waals surface area contributed by atoms with Gasteiger partial charge in [0.05, 0.1) is 0 Å². The monoisotopic (exact) mass is 755 g/mol. The molecule has 0 amide bonds. The number of para-hydroxylation sites is 2. The Bertz CT molecular complexity index is 3140. The summed E-state index contributed by atoms with van der Waals surface area (Å²) in [5.41, 5.74) is 20.1. The van der Waals surface area contributed by atoms with E-state index < -0.39 is 0 Å². The van der Waals surface area contributed by atoms with Crippen molar-refractivity contribution in [3.05, 3.63) is 223 Å². The van der Waals surface area contributed by atoms with E-state index in [9.17, 15) is 0 Å². The van der Waals surface area contributed by atoms with E-state index in [2.05, 4.69) is 219 Å². The highest BCUT2D eigenvalue weighted by atomic mass is 16.3. The zero-order valence-corrected chi connectivity index (χ0v) is 33.1. The van der Waals surface area contributed by atoms with Gasteiger partial charge in [-0.2, -0.15) is 0 Å². The normalized spacial score (nSPS) is 12.7. The molecule has 2 nitrogen and oxygen atoms in total. The highest BCUT2D eigenvalue weighted by Gasteiger charge is 2.38. The molecule has 0 atom stereocenters. The van der Waals surface area contributed by atoms with E-state index in [0.717, 1.165) is 44.6 Å². The van der Waals surface area contributed by atoms with Gasteiger partial charge in [0.2, 0.25) is 0 Å². The van der Waals surface area contributed by atoms with E-state index in [4.69, 9.17) is 4.42 Å². The molecule has 0 bridgehead atoms. The maximum Gasteiger partial charge on any atom is 0.135 e. The number of nitrogens with zero attached hydrogens (tertiary/aromatic N) is 1. The molecule has 1 heterocycles. The van der Waals surface area contributed by atoms with Crippen LogP contribution in [0.5, 0.6) is 0 Å². The maximum atomic E-state index is 6.10. The molecule has 1 aromatic heterocycles. The molecule has 11 rings (SSSR count). The first-order chi connectivity index (χ1) is 29.0. The molecule has 0 fully saturated rings. The van der Waals surface area contributed by atoms with E-state index in [1.807, 2.05) is 12.1 Å². The molecule has 10 aromatic rings. The van der Waals surface area contributed by atoms with Crippen molar-refractivity contribution in [2.45, 2.75) is 19.3 Å². The zero-order chi connectivity index (χ0) is 39.5. The fourth-order valence-corrected chi connectivity index (χ4v) is 9.33. The number of benzene rings is 9. The third-order valence-corrected chi connectivity index (χ3v) is 12.2. The first-order valence-corrected chi connectivity index (χ1v) is 20.4. The molecule has 1 aliphatic rings. The van der Waals surface area contributed by atoms with Gasteiger partial charge in [0, 0.05) is 33.2 Å². The third-order valence-electron chi connectivity index (χ3n) is 12.2. The van der Waals surface area contributed by atoms with Crippen molar-refractivity contribution in [2.75, 3.05) is 4.90 Å². The first kappa shape index (κ1) is 34.8. The van der Waals surface area contributed by atoms with Gasteiger partial charge in [0.15, 0.2) is 0 Å². The maximum absolute atomic E-state index is 6.10. The molecule has 0 unspecified atom stereocenters. The van der Waals surface area contributed by atoms with E-state index in [-0.39, 0.29) is 5.41 Å². The first-order valence-electron chi connectivity index (χ1n) is 20.4. The van der Waals surface area contributed by atoms with Crippen molar-refractivity contribution in [3.8, 4) is 55.6 Å². The molecule has 59 heavy (non-hydrogen) atoms. The molecular weight excluding hydrogens is 715 g/mol. The molecule has 280 valence electrons. The van der Waals surface area contributed by atoms with Crippen molar-refractivity contribution in [3.63, 3.8) is 0 Å². The van der Waals surface area contributed by atoms with Crippen LogP contribution >= 0.6 is 0 Å². The van der Waals surface area contributed by atoms with Crippen LogP contribution in [0.15, 0.2) is 217 Å². The Morgan fingerprint density at radius 1 is 0.339 bits per heavy atom. The Hall–Kier alpha value is -7.42. The van der Waals surface area contributed by atoms with Crippen LogP contribution in [-0.2, 0) is 5.41 Å². The number of anilines is 3. The lowest BCUT2D eigenvalue weighted by atomic mass is 9.78. The summed E-state index contributed by atoms with van der Waals surface area (Å²) in [5.74, 6) is 0. The molecule has 0 radical (unpaired) electrons. The van der Waals surface area contributed by atoms with Crippen LogP contribution in [-0.4, -0.2) is 0 Å². The van der Waals surface area contributed by atoms with Crippen LogP contribution in [0.3, 0.4) is 0 Å². The Kier molecular flexibility index (Phi) is 8.20. The molecule has 0 saturated carbocycles. The second-order valence-electron chi connectivity index (χ2n) is 16.1. The molecular formula is C57H41NO. The lowest BCUT2D eigenvalue weighted by Gasteiger charge is -2.26. The lowest BCUT2D eigenvalue weighted by molar-refractivity contribution is 0.662. The minimum Gasteiger partial charge on any atom is -0.456 e. The average Bonchev–Trinajstić information content (AvgIpc) is 3.78. The van der Waals surface area contributed by atoms with Crippen LogP contribution in [0.1, 0.15) is 25.0 Å². The molecule has 2 heteroatoms. The van der Waals surface area contributed by atoms with E-state index >= 15 is 0 Å². The SMILES string of the molecule is CC1(C)c2ccc(-c3ccc(N(c4ccccc4)c4ccc(-c5ccc6oc7ccccc7c6c5)cc4)cc3)cc2-c2cc(-c3ccccc3)cc(-c3ccccc3)c21. The molecule has 0 N–H and O–H groups in total. The van der Waals surface area contributed by atoms with Crippen LogP contribution in [0.25, 0.3) is 77.6 Å². The number of rotatable bonds is 7. The van der Waals surface area contributed by atoms with Crippen LogP contribution in [0.2, 0.25) is 0 Å².